The van der Waals surface area contributed by atoms with E-state index in [4.69, 9.17) is 5.73 Å². The molecule has 1 aromatic carbocycles. The van der Waals surface area contributed by atoms with Gasteiger partial charge < -0.3 is 10.6 Å². The first-order valence-corrected chi connectivity index (χ1v) is 11.8. The number of amides is 1. The Labute approximate surface area is 187 Å². The van der Waals surface area contributed by atoms with Gasteiger partial charge in [0.1, 0.15) is 5.52 Å². The number of carbonyl (C=O) groups excluding carboxylic acids is 1. The summed E-state index contributed by atoms with van der Waals surface area (Å²) in [5, 5.41) is 0. The standard InChI is InChI=1S/C18H22BrN7O4S/c1-4-24(3)17(27)26-13-14(20)21-16(23-31(29,30)5-2)22-15(13)25(18(26)28)10-11-6-8-12(19)9-7-11/h6-9H,4-5,10H2,1-3H3,(H3,20,21,22,23). The van der Waals surface area contributed by atoms with Gasteiger partial charge in [0.15, 0.2) is 11.5 Å². The first kappa shape index (κ1) is 22.7. The van der Waals surface area contributed by atoms with Crippen LogP contribution in [0.25, 0.3) is 11.2 Å². The fraction of sp³-hybridized carbons (Fsp3) is 0.333. The predicted octanol–water partition coefficient (Wildman–Crippen LogP) is 1.67. The third kappa shape index (κ3) is 4.56. The van der Waals surface area contributed by atoms with Gasteiger partial charge in [-0.3, -0.25) is 9.29 Å². The Hall–Kier alpha value is -2.93. The summed E-state index contributed by atoms with van der Waals surface area (Å²) in [7, 11) is -2.13. The van der Waals surface area contributed by atoms with Gasteiger partial charge in [-0.1, -0.05) is 28.1 Å². The molecule has 0 aliphatic heterocycles. The molecular weight excluding hydrogens is 490 g/mol. The SMILES string of the molecule is CCN(C)C(=O)n1c(=O)n(Cc2ccc(Br)cc2)c2nc(NS(=O)(=O)CC)nc(N)c21. The van der Waals surface area contributed by atoms with Crippen LogP contribution < -0.4 is 16.1 Å². The van der Waals surface area contributed by atoms with E-state index in [0.29, 0.717) is 6.54 Å². The molecule has 0 unspecified atom stereocenters. The van der Waals surface area contributed by atoms with Crippen LogP contribution in [-0.2, 0) is 16.6 Å². The van der Waals surface area contributed by atoms with Crippen LogP contribution in [0.4, 0.5) is 16.6 Å². The zero-order chi connectivity index (χ0) is 22.9. The van der Waals surface area contributed by atoms with Crippen molar-refractivity contribution in [2.75, 3.05) is 29.8 Å². The van der Waals surface area contributed by atoms with Crippen molar-refractivity contribution in [1.82, 2.24) is 24.0 Å². The van der Waals surface area contributed by atoms with Gasteiger partial charge in [0.2, 0.25) is 16.0 Å². The molecule has 2 aromatic heterocycles. The molecule has 3 aromatic rings. The zero-order valence-corrected chi connectivity index (χ0v) is 19.6. The van der Waals surface area contributed by atoms with Crippen LogP contribution in [0, 0.1) is 0 Å². The number of nitrogens with two attached hydrogens (primary N) is 1. The molecule has 0 saturated carbocycles. The third-order valence-corrected chi connectivity index (χ3v) is 6.45. The number of sulfonamides is 1. The Morgan fingerprint density at radius 2 is 1.87 bits per heavy atom. The highest BCUT2D eigenvalue weighted by molar-refractivity contribution is 9.10. The van der Waals surface area contributed by atoms with Gasteiger partial charge in [-0.25, -0.2) is 22.6 Å². The number of imidazole rings is 1. The Bertz CT molecular complexity index is 1300. The molecule has 166 valence electrons. The first-order chi connectivity index (χ1) is 14.6. The van der Waals surface area contributed by atoms with Gasteiger partial charge in [0.05, 0.1) is 12.3 Å². The minimum Gasteiger partial charge on any atom is -0.382 e. The number of aromatic nitrogens is 4. The number of nitrogen functional groups attached to an aromatic ring is 1. The van der Waals surface area contributed by atoms with Gasteiger partial charge in [0, 0.05) is 18.1 Å². The van der Waals surface area contributed by atoms with Gasteiger partial charge in [-0.15, -0.1) is 0 Å². The van der Waals surface area contributed by atoms with E-state index in [-0.39, 0.29) is 35.2 Å². The summed E-state index contributed by atoms with van der Waals surface area (Å²) in [6.45, 7) is 3.68. The molecule has 0 saturated heterocycles. The van der Waals surface area contributed by atoms with Crippen molar-refractivity contribution >= 4 is 54.9 Å². The van der Waals surface area contributed by atoms with Gasteiger partial charge in [0.25, 0.3) is 0 Å². The van der Waals surface area contributed by atoms with Gasteiger partial charge >= 0.3 is 11.7 Å². The lowest BCUT2D eigenvalue weighted by molar-refractivity contribution is 0.212. The van der Waals surface area contributed by atoms with E-state index in [0.717, 1.165) is 14.6 Å². The number of anilines is 2. The van der Waals surface area contributed by atoms with Crippen molar-refractivity contribution < 1.29 is 13.2 Å². The highest BCUT2D eigenvalue weighted by Gasteiger charge is 2.25. The highest BCUT2D eigenvalue weighted by atomic mass is 79.9. The molecule has 0 aliphatic rings. The molecule has 0 bridgehead atoms. The summed E-state index contributed by atoms with van der Waals surface area (Å²) < 4.78 is 29.2. The van der Waals surface area contributed by atoms with E-state index in [1.807, 2.05) is 24.3 Å². The first-order valence-electron chi connectivity index (χ1n) is 9.37. The summed E-state index contributed by atoms with van der Waals surface area (Å²) in [6, 6.07) is 6.67. The Morgan fingerprint density at radius 1 is 1.23 bits per heavy atom. The van der Waals surface area contributed by atoms with E-state index >= 15 is 0 Å². The number of benzene rings is 1. The number of halogens is 1. The number of nitrogens with zero attached hydrogens (tertiary/aromatic N) is 5. The van der Waals surface area contributed by atoms with Crippen LogP contribution in [-0.4, -0.2) is 57.8 Å². The highest BCUT2D eigenvalue weighted by Crippen LogP contribution is 2.21. The minimum absolute atomic E-state index is 0.0202. The van der Waals surface area contributed by atoms with Gasteiger partial charge in [-0.2, -0.15) is 9.97 Å². The Kier molecular flexibility index (Phi) is 6.36. The second kappa shape index (κ2) is 8.67. The number of carbonyl (C=O) groups is 1. The molecule has 0 atom stereocenters. The van der Waals surface area contributed by atoms with E-state index in [1.165, 1.54) is 16.4 Å². The summed E-state index contributed by atoms with van der Waals surface area (Å²) in [5.74, 6) is -0.658. The van der Waals surface area contributed by atoms with Crippen LogP contribution in [0.2, 0.25) is 0 Å². The van der Waals surface area contributed by atoms with Crippen LogP contribution in [0.15, 0.2) is 33.5 Å². The van der Waals surface area contributed by atoms with Crippen LogP contribution >= 0.6 is 15.9 Å². The topological polar surface area (TPSA) is 145 Å². The van der Waals surface area contributed by atoms with Gasteiger partial charge in [-0.05, 0) is 31.5 Å². The lowest BCUT2D eigenvalue weighted by Crippen LogP contribution is -2.38. The summed E-state index contributed by atoms with van der Waals surface area (Å²) in [6.07, 6.45) is 0. The molecule has 0 aliphatic carbocycles. The lowest BCUT2D eigenvalue weighted by Gasteiger charge is -2.14. The van der Waals surface area contributed by atoms with E-state index in [2.05, 4.69) is 30.6 Å². The Morgan fingerprint density at radius 3 is 2.45 bits per heavy atom. The fourth-order valence-corrected chi connectivity index (χ4v) is 3.60. The fourth-order valence-electron chi connectivity index (χ4n) is 2.82. The quantitative estimate of drug-likeness (QED) is 0.511. The summed E-state index contributed by atoms with van der Waals surface area (Å²) in [5.41, 5.74) is 6.24. The molecule has 0 radical (unpaired) electrons. The van der Waals surface area contributed by atoms with Crippen molar-refractivity contribution in [3.63, 3.8) is 0 Å². The van der Waals surface area contributed by atoms with E-state index < -0.39 is 21.7 Å². The third-order valence-electron chi connectivity index (χ3n) is 4.67. The van der Waals surface area contributed by atoms with Crippen molar-refractivity contribution in [2.24, 2.45) is 0 Å². The number of hydrogen-bond donors (Lipinski definition) is 2. The van der Waals surface area contributed by atoms with Crippen LogP contribution in [0.5, 0.6) is 0 Å². The minimum atomic E-state index is -3.68. The maximum atomic E-state index is 13.2. The molecular formula is C18H22BrN7O4S. The second-order valence-corrected chi connectivity index (χ2v) is 9.66. The molecule has 3 N–H and O–H groups in total. The molecule has 31 heavy (non-hydrogen) atoms. The molecule has 0 fully saturated rings. The van der Waals surface area contributed by atoms with Crippen molar-refractivity contribution in [1.29, 1.82) is 0 Å². The maximum absolute atomic E-state index is 13.2. The lowest BCUT2D eigenvalue weighted by atomic mass is 10.2. The molecule has 2 heterocycles. The smallest absolute Gasteiger partial charge is 0.339 e. The van der Waals surface area contributed by atoms with E-state index in [9.17, 15) is 18.0 Å². The number of rotatable bonds is 6. The van der Waals surface area contributed by atoms with Crippen LogP contribution in [0.1, 0.15) is 19.4 Å². The molecule has 3 rings (SSSR count). The maximum Gasteiger partial charge on any atom is 0.339 e. The van der Waals surface area contributed by atoms with E-state index in [1.54, 1.807) is 14.0 Å². The zero-order valence-electron chi connectivity index (χ0n) is 17.2. The summed E-state index contributed by atoms with van der Waals surface area (Å²) >= 11 is 3.36. The molecule has 13 heteroatoms. The second-order valence-electron chi connectivity index (χ2n) is 6.74. The van der Waals surface area contributed by atoms with Crippen molar-refractivity contribution in [3.8, 4) is 0 Å². The largest absolute Gasteiger partial charge is 0.382 e. The Balaban J connectivity index is 2.27. The average molecular weight is 512 g/mol. The molecule has 0 spiro atoms. The van der Waals surface area contributed by atoms with Crippen LogP contribution in [0.3, 0.4) is 0 Å². The molecule has 1 amide bonds. The molecule has 11 nitrogen and oxygen atoms in total. The normalized spacial score (nSPS) is 11.6. The average Bonchev–Trinajstić information content (AvgIpc) is 3.00. The monoisotopic (exact) mass is 511 g/mol. The number of nitrogens with one attached hydrogen (secondary N) is 1. The predicted molar refractivity (Wildman–Crippen MR) is 122 cm³/mol. The van der Waals surface area contributed by atoms with Crippen molar-refractivity contribution in [3.05, 3.63) is 44.8 Å². The summed E-state index contributed by atoms with van der Waals surface area (Å²) in [4.78, 5) is 35.6. The number of fused-ring (bicyclic) bond motifs is 1. The number of hydrogen-bond acceptors (Lipinski definition) is 7. The van der Waals surface area contributed by atoms with Crippen molar-refractivity contribution in [2.45, 2.75) is 20.4 Å².